The fourth-order valence-corrected chi connectivity index (χ4v) is 3.48. The number of fused-ring (bicyclic) bond motifs is 1. The number of halogens is 1. The summed E-state index contributed by atoms with van der Waals surface area (Å²) in [6.45, 7) is 1.92. The summed E-state index contributed by atoms with van der Waals surface area (Å²) in [6.07, 6.45) is 0. The summed E-state index contributed by atoms with van der Waals surface area (Å²) in [5.41, 5.74) is 4.57. The molecule has 0 atom stereocenters. The monoisotopic (exact) mass is 402 g/mol. The number of carbonyl (C=O) groups is 1. The van der Waals surface area contributed by atoms with Gasteiger partial charge in [0.1, 0.15) is 5.75 Å². The second-order valence-corrected chi connectivity index (χ2v) is 7.10. The lowest BCUT2D eigenvalue weighted by atomic mass is 9.97. The Balaban J connectivity index is 1.82. The molecule has 3 aromatic carbocycles. The SMILES string of the molecule is COc1ccc(NC(=O)c2c(C)c(-c3ccc(Cl)cc3)nc3ccccc23)cc1. The van der Waals surface area contributed by atoms with Crippen molar-refractivity contribution in [3.05, 3.63) is 88.9 Å². The van der Waals surface area contributed by atoms with Crippen molar-refractivity contribution in [2.75, 3.05) is 12.4 Å². The number of nitrogens with one attached hydrogen (secondary N) is 1. The largest absolute Gasteiger partial charge is 0.497 e. The molecule has 0 aliphatic heterocycles. The van der Waals surface area contributed by atoms with Gasteiger partial charge in [0.2, 0.25) is 0 Å². The zero-order valence-electron chi connectivity index (χ0n) is 16.1. The molecule has 1 N–H and O–H groups in total. The maximum atomic E-state index is 13.2. The lowest BCUT2D eigenvalue weighted by Crippen LogP contribution is -2.15. The minimum atomic E-state index is -0.179. The van der Waals surface area contributed by atoms with Crippen LogP contribution in [0.3, 0.4) is 0 Å². The number of aromatic nitrogens is 1. The summed E-state index contributed by atoms with van der Waals surface area (Å²) in [5, 5.41) is 4.46. The molecule has 0 bridgehead atoms. The number of rotatable bonds is 4. The molecule has 1 amide bonds. The number of anilines is 1. The van der Waals surface area contributed by atoms with Crippen molar-refractivity contribution in [1.82, 2.24) is 4.98 Å². The molecule has 4 aromatic rings. The van der Waals surface area contributed by atoms with E-state index in [2.05, 4.69) is 5.32 Å². The molecule has 0 spiro atoms. The van der Waals surface area contributed by atoms with E-state index in [0.717, 1.165) is 33.5 Å². The maximum absolute atomic E-state index is 13.2. The molecule has 29 heavy (non-hydrogen) atoms. The van der Waals surface area contributed by atoms with Crippen LogP contribution in [0, 0.1) is 6.92 Å². The molecule has 0 radical (unpaired) electrons. The third-order valence-electron chi connectivity index (χ3n) is 4.83. The zero-order valence-corrected chi connectivity index (χ0v) is 16.8. The molecule has 0 saturated carbocycles. The van der Waals surface area contributed by atoms with Crippen LogP contribution in [0.1, 0.15) is 15.9 Å². The molecule has 1 heterocycles. The Hall–Kier alpha value is -3.37. The first-order valence-corrected chi connectivity index (χ1v) is 9.55. The first-order chi connectivity index (χ1) is 14.1. The van der Waals surface area contributed by atoms with Crippen molar-refractivity contribution in [2.45, 2.75) is 6.92 Å². The summed E-state index contributed by atoms with van der Waals surface area (Å²) >= 11 is 6.03. The minimum absolute atomic E-state index is 0.179. The van der Waals surface area contributed by atoms with Crippen LogP contribution in [-0.4, -0.2) is 18.0 Å². The number of ether oxygens (including phenoxy) is 1. The first-order valence-electron chi connectivity index (χ1n) is 9.17. The number of benzene rings is 3. The molecule has 0 aliphatic carbocycles. The van der Waals surface area contributed by atoms with Crippen LogP contribution in [0.25, 0.3) is 22.2 Å². The second-order valence-electron chi connectivity index (χ2n) is 6.67. The topological polar surface area (TPSA) is 51.2 Å². The van der Waals surface area contributed by atoms with Crippen LogP contribution in [0.5, 0.6) is 5.75 Å². The smallest absolute Gasteiger partial charge is 0.256 e. The van der Waals surface area contributed by atoms with Crippen LogP contribution in [-0.2, 0) is 0 Å². The molecule has 144 valence electrons. The van der Waals surface area contributed by atoms with Crippen molar-refractivity contribution in [3.63, 3.8) is 0 Å². The summed E-state index contributed by atoms with van der Waals surface area (Å²) in [6, 6.07) is 22.4. The van der Waals surface area contributed by atoms with Gasteiger partial charge in [-0.2, -0.15) is 0 Å². The number of amides is 1. The van der Waals surface area contributed by atoms with Crippen molar-refractivity contribution in [3.8, 4) is 17.0 Å². The van der Waals surface area contributed by atoms with Crippen LogP contribution in [0.15, 0.2) is 72.8 Å². The highest BCUT2D eigenvalue weighted by atomic mass is 35.5. The summed E-state index contributed by atoms with van der Waals surface area (Å²) in [4.78, 5) is 18.1. The molecule has 4 rings (SSSR count). The Morgan fingerprint density at radius 2 is 1.66 bits per heavy atom. The molecular formula is C24H19ClN2O2. The highest BCUT2D eigenvalue weighted by Crippen LogP contribution is 2.31. The van der Waals surface area contributed by atoms with Gasteiger partial charge in [-0.05, 0) is 55.0 Å². The number of methoxy groups -OCH3 is 1. The second kappa shape index (κ2) is 7.94. The third kappa shape index (κ3) is 3.80. The van der Waals surface area contributed by atoms with Gasteiger partial charge >= 0.3 is 0 Å². The molecule has 0 aliphatic rings. The van der Waals surface area contributed by atoms with Crippen LogP contribution < -0.4 is 10.1 Å². The highest BCUT2D eigenvalue weighted by molar-refractivity contribution is 6.30. The normalized spacial score (nSPS) is 10.7. The van der Waals surface area contributed by atoms with Gasteiger partial charge in [0.15, 0.2) is 0 Å². The van der Waals surface area contributed by atoms with E-state index in [4.69, 9.17) is 21.3 Å². The molecule has 1 aromatic heterocycles. The quantitative estimate of drug-likeness (QED) is 0.447. The lowest BCUT2D eigenvalue weighted by Gasteiger charge is -2.15. The standard InChI is InChI=1S/C24H19ClN2O2/c1-15-22(24(28)26-18-11-13-19(29-2)14-12-18)20-5-3-4-6-21(20)27-23(15)16-7-9-17(25)10-8-16/h3-14H,1-2H3,(H,26,28). The van der Waals surface area contributed by atoms with Gasteiger partial charge in [0.05, 0.1) is 23.9 Å². The summed E-state index contributed by atoms with van der Waals surface area (Å²) < 4.78 is 5.18. The Kier molecular flexibility index (Phi) is 5.19. The van der Waals surface area contributed by atoms with E-state index < -0.39 is 0 Å². The van der Waals surface area contributed by atoms with Crippen molar-refractivity contribution in [1.29, 1.82) is 0 Å². The van der Waals surface area contributed by atoms with Crippen LogP contribution >= 0.6 is 11.6 Å². The molecule has 0 unspecified atom stereocenters. The van der Waals surface area contributed by atoms with E-state index in [-0.39, 0.29) is 5.91 Å². The lowest BCUT2D eigenvalue weighted by molar-refractivity contribution is 0.102. The highest BCUT2D eigenvalue weighted by Gasteiger charge is 2.19. The average molecular weight is 403 g/mol. The zero-order chi connectivity index (χ0) is 20.4. The number of hydrogen-bond donors (Lipinski definition) is 1. The summed E-state index contributed by atoms with van der Waals surface area (Å²) in [7, 11) is 1.61. The van der Waals surface area contributed by atoms with Crippen LogP contribution in [0.2, 0.25) is 5.02 Å². The van der Waals surface area contributed by atoms with Gasteiger partial charge in [0.25, 0.3) is 5.91 Å². The molecule has 0 saturated heterocycles. The van der Waals surface area contributed by atoms with E-state index in [1.54, 1.807) is 7.11 Å². The van der Waals surface area contributed by atoms with E-state index in [1.807, 2.05) is 79.7 Å². The van der Waals surface area contributed by atoms with Crippen LogP contribution in [0.4, 0.5) is 5.69 Å². The fraction of sp³-hybridized carbons (Fsp3) is 0.0833. The summed E-state index contributed by atoms with van der Waals surface area (Å²) in [5.74, 6) is 0.556. The van der Waals surface area contributed by atoms with Gasteiger partial charge in [0, 0.05) is 21.7 Å². The van der Waals surface area contributed by atoms with Crippen molar-refractivity contribution >= 4 is 34.1 Å². The average Bonchev–Trinajstić information content (AvgIpc) is 2.74. The number of nitrogens with zero attached hydrogens (tertiary/aromatic N) is 1. The van der Waals surface area contributed by atoms with Gasteiger partial charge in [-0.1, -0.05) is 41.9 Å². The van der Waals surface area contributed by atoms with E-state index in [9.17, 15) is 4.79 Å². The van der Waals surface area contributed by atoms with Gasteiger partial charge in [-0.25, -0.2) is 4.98 Å². The van der Waals surface area contributed by atoms with Gasteiger partial charge in [-0.15, -0.1) is 0 Å². The fourth-order valence-electron chi connectivity index (χ4n) is 3.36. The predicted octanol–water partition coefficient (Wildman–Crippen LogP) is 6.12. The molecular weight excluding hydrogens is 384 g/mol. The van der Waals surface area contributed by atoms with E-state index in [1.165, 1.54) is 0 Å². The minimum Gasteiger partial charge on any atom is -0.497 e. The molecule has 4 nitrogen and oxygen atoms in total. The number of carbonyl (C=O) groups excluding carboxylic acids is 1. The van der Waals surface area contributed by atoms with Gasteiger partial charge in [-0.3, -0.25) is 4.79 Å². The Bertz CT molecular complexity index is 1190. The molecule has 0 fully saturated rings. The molecule has 5 heteroatoms. The third-order valence-corrected chi connectivity index (χ3v) is 5.08. The number of para-hydroxylation sites is 1. The van der Waals surface area contributed by atoms with E-state index >= 15 is 0 Å². The first kappa shape index (κ1) is 19.0. The van der Waals surface area contributed by atoms with E-state index in [0.29, 0.717) is 16.3 Å². The van der Waals surface area contributed by atoms with Crippen molar-refractivity contribution < 1.29 is 9.53 Å². The number of hydrogen-bond acceptors (Lipinski definition) is 3. The Labute approximate surface area is 174 Å². The van der Waals surface area contributed by atoms with Crippen molar-refractivity contribution in [2.24, 2.45) is 0 Å². The Morgan fingerprint density at radius 1 is 0.966 bits per heavy atom. The predicted molar refractivity (Wildman–Crippen MR) is 118 cm³/mol. The maximum Gasteiger partial charge on any atom is 0.256 e. The van der Waals surface area contributed by atoms with Gasteiger partial charge < -0.3 is 10.1 Å². The number of pyridine rings is 1. The Morgan fingerprint density at radius 3 is 2.34 bits per heavy atom.